The Kier molecular flexibility index (Phi) is 7.63. The van der Waals surface area contributed by atoms with E-state index in [1.807, 2.05) is 32.9 Å². The van der Waals surface area contributed by atoms with Crippen LogP contribution in [0.4, 0.5) is 17.1 Å². The van der Waals surface area contributed by atoms with Gasteiger partial charge in [-0.15, -0.1) is 0 Å². The lowest BCUT2D eigenvalue weighted by atomic mass is 10.2. The average molecular weight is 381 g/mol. The topological polar surface area (TPSA) is 79.5 Å². The van der Waals surface area contributed by atoms with Crippen LogP contribution in [0.3, 0.4) is 0 Å². The lowest BCUT2D eigenvalue weighted by Crippen LogP contribution is -2.21. The van der Waals surface area contributed by atoms with Crippen molar-refractivity contribution < 1.29 is 14.3 Å². The molecule has 0 heterocycles. The third-order valence-electron chi connectivity index (χ3n) is 3.75. The molecule has 0 unspecified atom stereocenters. The van der Waals surface area contributed by atoms with Crippen LogP contribution in [0, 0.1) is 5.92 Å². The Morgan fingerprint density at radius 1 is 0.929 bits per heavy atom. The summed E-state index contributed by atoms with van der Waals surface area (Å²) < 4.78 is 5.53. The zero-order chi connectivity index (χ0) is 20.5. The highest BCUT2D eigenvalue weighted by atomic mass is 16.5. The molecular weight excluding hydrogens is 354 g/mol. The standard InChI is InChI=1S/C22H27N3O3/c1-15(2)14-28-20-11-9-18(10-12-20)24-21(26)13-23-17-5-7-19(8-6-17)25-22(27)16(3)4/h5-12,16,23H,1,13-14H2,2-4H3,(H,24,26)(H,25,27). The van der Waals surface area contributed by atoms with Crippen LogP contribution in [-0.4, -0.2) is 25.0 Å². The van der Waals surface area contributed by atoms with E-state index in [9.17, 15) is 9.59 Å². The highest BCUT2D eigenvalue weighted by Crippen LogP contribution is 2.17. The second kappa shape index (κ2) is 10.2. The zero-order valence-electron chi connectivity index (χ0n) is 16.5. The first kappa shape index (κ1) is 21.0. The van der Waals surface area contributed by atoms with Crippen LogP contribution in [-0.2, 0) is 9.59 Å². The lowest BCUT2D eigenvalue weighted by Gasteiger charge is -2.11. The van der Waals surface area contributed by atoms with E-state index < -0.39 is 0 Å². The minimum atomic E-state index is -0.159. The molecule has 0 fully saturated rings. The monoisotopic (exact) mass is 381 g/mol. The van der Waals surface area contributed by atoms with Crippen LogP contribution >= 0.6 is 0 Å². The van der Waals surface area contributed by atoms with Crippen molar-refractivity contribution in [2.75, 3.05) is 29.1 Å². The summed E-state index contributed by atoms with van der Waals surface area (Å²) in [5, 5.41) is 8.70. The summed E-state index contributed by atoms with van der Waals surface area (Å²) in [6.45, 7) is 9.97. The van der Waals surface area contributed by atoms with Crippen LogP contribution in [0.15, 0.2) is 60.7 Å². The third-order valence-corrected chi connectivity index (χ3v) is 3.75. The molecule has 3 N–H and O–H groups in total. The van der Waals surface area contributed by atoms with Crippen molar-refractivity contribution in [3.8, 4) is 5.75 Å². The summed E-state index contributed by atoms with van der Waals surface area (Å²) in [5.74, 6) is 0.459. The molecule has 0 bridgehead atoms. The van der Waals surface area contributed by atoms with E-state index in [4.69, 9.17) is 4.74 Å². The number of benzene rings is 2. The maximum atomic E-state index is 12.1. The molecule has 0 aliphatic rings. The van der Waals surface area contributed by atoms with Crippen molar-refractivity contribution in [3.05, 3.63) is 60.7 Å². The van der Waals surface area contributed by atoms with Gasteiger partial charge >= 0.3 is 0 Å². The van der Waals surface area contributed by atoms with Crippen molar-refractivity contribution in [3.63, 3.8) is 0 Å². The summed E-state index contributed by atoms with van der Waals surface area (Å²) in [5.41, 5.74) is 3.16. The van der Waals surface area contributed by atoms with E-state index in [1.165, 1.54) is 0 Å². The number of hydrogen-bond acceptors (Lipinski definition) is 4. The number of rotatable bonds is 9. The van der Waals surface area contributed by atoms with Gasteiger partial charge in [-0.1, -0.05) is 20.4 Å². The van der Waals surface area contributed by atoms with Gasteiger partial charge in [0.25, 0.3) is 0 Å². The largest absolute Gasteiger partial charge is 0.489 e. The van der Waals surface area contributed by atoms with Gasteiger partial charge in [0.15, 0.2) is 0 Å². The molecule has 6 heteroatoms. The van der Waals surface area contributed by atoms with Gasteiger partial charge in [0.1, 0.15) is 12.4 Å². The fourth-order valence-corrected chi connectivity index (χ4v) is 2.19. The highest BCUT2D eigenvalue weighted by molar-refractivity contribution is 5.94. The summed E-state index contributed by atoms with van der Waals surface area (Å²) in [7, 11) is 0. The molecule has 2 rings (SSSR count). The van der Waals surface area contributed by atoms with Gasteiger partial charge in [-0.05, 0) is 61.0 Å². The summed E-state index contributed by atoms with van der Waals surface area (Å²) in [6.07, 6.45) is 0. The Labute approximate surface area is 166 Å². The number of carbonyl (C=O) groups excluding carboxylic acids is 2. The van der Waals surface area contributed by atoms with Gasteiger partial charge in [0, 0.05) is 23.0 Å². The second-order valence-corrected chi connectivity index (χ2v) is 6.89. The van der Waals surface area contributed by atoms with E-state index in [0.717, 1.165) is 22.7 Å². The fourth-order valence-electron chi connectivity index (χ4n) is 2.19. The molecule has 0 aliphatic carbocycles. The smallest absolute Gasteiger partial charge is 0.243 e. The first-order valence-electron chi connectivity index (χ1n) is 9.15. The number of ether oxygens (including phenoxy) is 1. The SMILES string of the molecule is C=C(C)COc1ccc(NC(=O)CNc2ccc(NC(=O)C(C)C)cc2)cc1. The van der Waals surface area contributed by atoms with E-state index >= 15 is 0 Å². The van der Waals surface area contributed by atoms with Crippen LogP contribution in [0.25, 0.3) is 0 Å². The summed E-state index contributed by atoms with van der Waals surface area (Å²) in [4.78, 5) is 23.8. The first-order chi connectivity index (χ1) is 13.3. The second-order valence-electron chi connectivity index (χ2n) is 6.89. The summed E-state index contributed by atoms with van der Waals surface area (Å²) in [6, 6.07) is 14.4. The number of amides is 2. The molecule has 0 atom stereocenters. The van der Waals surface area contributed by atoms with E-state index in [-0.39, 0.29) is 24.3 Å². The molecule has 2 aromatic carbocycles. The predicted molar refractivity (Wildman–Crippen MR) is 114 cm³/mol. The van der Waals surface area contributed by atoms with Gasteiger partial charge in [0.2, 0.25) is 11.8 Å². The van der Waals surface area contributed by atoms with Crippen LogP contribution in [0.5, 0.6) is 5.75 Å². The lowest BCUT2D eigenvalue weighted by molar-refractivity contribution is -0.119. The first-order valence-corrected chi connectivity index (χ1v) is 9.15. The zero-order valence-corrected chi connectivity index (χ0v) is 16.5. The molecule has 2 aromatic rings. The van der Waals surface area contributed by atoms with Crippen molar-refractivity contribution in [2.24, 2.45) is 5.92 Å². The van der Waals surface area contributed by atoms with Crippen molar-refractivity contribution in [1.29, 1.82) is 0 Å². The minimum absolute atomic E-state index is 0.0314. The fraction of sp³-hybridized carbons (Fsp3) is 0.273. The Hall–Kier alpha value is -3.28. The van der Waals surface area contributed by atoms with Crippen molar-refractivity contribution in [2.45, 2.75) is 20.8 Å². The van der Waals surface area contributed by atoms with Crippen molar-refractivity contribution >= 4 is 28.9 Å². The van der Waals surface area contributed by atoms with E-state index in [2.05, 4.69) is 22.5 Å². The minimum Gasteiger partial charge on any atom is -0.489 e. The molecule has 0 aliphatic heterocycles. The maximum Gasteiger partial charge on any atom is 0.243 e. The Balaban J connectivity index is 1.79. The normalized spacial score (nSPS) is 10.3. The van der Waals surface area contributed by atoms with E-state index in [1.54, 1.807) is 36.4 Å². The molecule has 2 amide bonds. The number of anilines is 3. The quantitative estimate of drug-likeness (QED) is 0.566. The number of nitrogens with one attached hydrogen (secondary N) is 3. The van der Waals surface area contributed by atoms with Crippen molar-refractivity contribution in [1.82, 2.24) is 0 Å². The molecule has 6 nitrogen and oxygen atoms in total. The molecule has 148 valence electrons. The van der Waals surface area contributed by atoms with E-state index in [0.29, 0.717) is 12.3 Å². The van der Waals surface area contributed by atoms with Gasteiger partial charge in [-0.3, -0.25) is 9.59 Å². The molecule has 28 heavy (non-hydrogen) atoms. The van der Waals surface area contributed by atoms with Crippen LogP contribution in [0.1, 0.15) is 20.8 Å². The Morgan fingerprint density at radius 3 is 2.04 bits per heavy atom. The number of carbonyl (C=O) groups is 2. The highest BCUT2D eigenvalue weighted by Gasteiger charge is 2.07. The molecular formula is C22H27N3O3. The predicted octanol–water partition coefficient (Wildman–Crippen LogP) is 4.29. The van der Waals surface area contributed by atoms with Crippen LogP contribution < -0.4 is 20.7 Å². The third kappa shape index (κ3) is 7.15. The van der Waals surface area contributed by atoms with Gasteiger partial charge in [-0.25, -0.2) is 0 Å². The average Bonchev–Trinajstić information content (AvgIpc) is 2.66. The Morgan fingerprint density at radius 2 is 1.46 bits per heavy atom. The number of hydrogen-bond donors (Lipinski definition) is 3. The molecule has 0 radical (unpaired) electrons. The van der Waals surface area contributed by atoms with Crippen LogP contribution in [0.2, 0.25) is 0 Å². The summed E-state index contributed by atoms with van der Waals surface area (Å²) >= 11 is 0. The van der Waals surface area contributed by atoms with Gasteiger partial charge in [-0.2, -0.15) is 0 Å². The van der Waals surface area contributed by atoms with Gasteiger partial charge < -0.3 is 20.7 Å². The Bertz CT molecular complexity index is 812. The molecule has 0 saturated heterocycles. The van der Waals surface area contributed by atoms with Gasteiger partial charge in [0.05, 0.1) is 6.54 Å². The molecule has 0 saturated carbocycles. The molecule has 0 spiro atoms. The molecule has 0 aromatic heterocycles. The maximum absolute atomic E-state index is 12.1.